The van der Waals surface area contributed by atoms with Gasteiger partial charge in [0.25, 0.3) is 5.91 Å². The number of hydrogen-bond acceptors (Lipinski definition) is 5. The van der Waals surface area contributed by atoms with Crippen LogP contribution in [0.15, 0.2) is 10.8 Å². The molecule has 0 unspecified atom stereocenters. The number of nitrogens with one attached hydrogen (secondary N) is 1. The van der Waals surface area contributed by atoms with Crippen molar-refractivity contribution in [2.24, 2.45) is 0 Å². The quantitative estimate of drug-likeness (QED) is 0.382. The Labute approximate surface area is 49.4 Å². The average Bonchev–Trinajstić information content (AvgIpc) is 2.37. The third kappa shape index (κ3) is 1.03. The maximum Gasteiger partial charge on any atom is 0.298 e. The van der Waals surface area contributed by atoms with Gasteiger partial charge in [-0.3, -0.25) is 10.0 Å². The van der Waals surface area contributed by atoms with Gasteiger partial charge in [0.15, 0.2) is 12.0 Å². The van der Waals surface area contributed by atoms with Crippen molar-refractivity contribution in [2.75, 3.05) is 0 Å². The van der Waals surface area contributed by atoms with Crippen LogP contribution in [-0.4, -0.2) is 21.5 Å². The number of hydrogen-bond donors (Lipinski definition) is 2. The van der Waals surface area contributed by atoms with E-state index in [9.17, 15) is 4.79 Å². The summed E-state index contributed by atoms with van der Waals surface area (Å²) in [5.74, 6) is -0.740. The predicted molar refractivity (Wildman–Crippen MR) is 23.6 cm³/mol. The average molecular weight is 129 g/mol. The summed E-state index contributed by atoms with van der Waals surface area (Å²) in [6, 6.07) is 0. The van der Waals surface area contributed by atoms with E-state index in [4.69, 9.17) is 5.21 Å². The van der Waals surface area contributed by atoms with Crippen molar-refractivity contribution in [3.8, 4) is 0 Å². The van der Waals surface area contributed by atoms with E-state index in [0.717, 1.165) is 6.26 Å². The van der Waals surface area contributed by atoms with Crippen molar-refractivity contribution >= 4 is 5.91 Å². The summed E-state index contributed by atoms with van der Waals surface area (Å²) >= 11 is 0. The molecule has 9 heavy (non-hydrogen) atoms. The molecule has 1 aromatic rings. The Morgan fingerprint density at radius 3 is 3.11 bits per heavy atom. The van der Waals surface area contributed by atoms with Crippen LogP contribution < -0.4 is 5.48 Å². The van der Waals surface area contributed by atoms with E-state index >= 15 is 0 Å². The summed E-state index contributed by atoms with van der Waals surface area (Å²) in [7, 11) is 0. The minimum absolute atomic E-state index is 0.0579. The van der Waals surface area contributed by atoms with Gasteiger partial charge in [0, 0.05) is 5.27 Å². The zero-order valence-corrected chi connectivity index (χ0v) is 4.24. The van der Waals surface area contributed by atoms with Crippen LogP contribution in [0.25, 0.3) is 0 Å². The first-order valence-corrected chi connectivity index (χ1v) is 2.06. The molecule has 0 atom stereocenters. The summed E-state index contributed by atoms with van der Waals surface area (Å²) in [6.07, 6.45) is 1.02. The molecule has 0 fully saturated rings. The Balaban J connectivity index is 2.77. The Bertz CT molecular complexity index is 194. The first-order valence-electron chi connectivity index (χ1n) is 2.06. The van der Waals surface area contributed by atoms with Crippen LogP contribution in [0.4, 0.5) is 0 Å². The number of hydroxylamine groups is 1. The molecule has 1 aromatic heterocycles. The predicted octanol–water partition coefficient (Wildman–Crippen LogP) is -0.811. The van der Waals surface area contributed by atoms with Crippen LogP contribution in [0.5, 0.6) is 0 Å². The van der Waals surface area contributed by atoms with Gasteiger partial charge in [0.05, 0.1) is 0 Å². The zero-order chi connectivity index (χ0) is 6.69. The Morgan fingerprint density at radius 1 is 1.89 bits per heavy atom. The highest BCUT2D eigenvalue weighted by molar-refractivity contribution is 5.90. The van der Waals surface area contributed by atoms with Crippen LogP contribution in [0.1, 0.15) is 10.5 Å². The van der Waals surface area contributed by atoms with Gasteiger partial charge in [-0.15, -0.1) is 5.10 Å². The van der Waals surface area contributed by atoms with E-state index in [-0.39, 0.29) is 5.69 Å². The molecule has 2 N–H and O–H groups in total. The minimum atomic E-state index is -0.740. The molecule has 0 saturated carbocycles. The van der Waals surface area contributed by atoms with Crippen molar-refractivity contribution in [3.63, 3.8) is 0 Å². The van der Waals surface area contributed by atoms with E-state index in [1.165, 1.54) is 5.48 Å². The molecule has 6 nitrogen and oxygen atoms in total. The number of amides is 1. The molecule has 0 bridgehead atoms. The molecule has 0 aliphatic carbocycles. The van der Waals surface area contributed by atoms with E-state index < -0.39 is 5.91 Å². The second-order valence-electron chi connectivity index (χ2n) is 1.23. The van der Waals surface area contributed by atoms with Gasteiger partial charge in [-0.05, 0) is 0 Å². The highest BCUT2D eigenvalue weighted by Crippen LogP contribution is 1.88. The van der Waals surface area contributed by atoms with E-state index in [1.54, 1.807) is 0 Å². The molecule has 0 saturated heterocycles. The van der Waals surface area contributed by atoms with Gasteiger partial charge in [-0.2, -0.15) is 0 Å². The maximum atomic E-state index is 10.4. The number of aromatic nitrogens is 2. The molecule has 0 aromatic carbocycles. The smallest absolute Gasteiger partial charge is 0.298 e. The van der Waals surface area contributed by atoms with Crippen LogP contribution >= 0.6 is 0 Å². The van der Waals surface area contributed by atoms with E-state index in [2.05, 4.69) is 14.9 Å². The molecular weight excluding hydrogens is 126 g/mol. The second kappa shape index (κ2) is 2.23. The molecule has 1 rings (SSSR count). The summed E-state index contributed by atoms with van der Waals surface area (Å²) in [6.45, 7) is 0. The lowest BCUT2D eigenvalue weighted by Gasteiger charge is -1.85. The van der Waals surface area contributed by atoms with Crippen LogP contribution in [0, 0.1) is 0 Å². The van der Waals surface area contributed by atoms with Gasteiger partial charge in [0.1, 0.15) is 0 Å². The zero-order valence-electron chi connectivity index (χ0n) is 4.24. The molecule has 6 heteroatoms. The van der Waals surface area contributed by atoms with Crippen molar-refractivity contribution in [1.82, 2.24) is 15.9 Å². The first-order chi connectivity index (χ1) is 4.34. The Morgan fingerprint density at radius 2 is 2.67 bits per heavy atom. The molecule has 0 radical (unpaired) electrons. The highest BCUT2D eigenvalue weighted by Gasteiger charge is 2.06. The fraction of sp³-hybridized carbons (Fsp3) is 0. The largest absolute Gasteiger partial charge is 0.345 e. The van der Waals surface area contributed by atoms with Gasteiger partial charge in [-0.25, -0.2) is 5.48 Å². The Kier molecular flexibility index (Phi) is 1.41. The lowest BCUT2D eigenvalue weighted by atomic mass is 10.5. The fourth-order valence-electron chi connectivity index (χ4n) is 0.321. The summed E-state index contributed by atoms with van der Waals surface area (Å²) in [4.78, 5) is 10.4. The van der Waals surface area contributed by atoms with Gasteiger partial charge >= 0.3 is 0 Å². The van der Waals surface area contributed by atoms with Gasteiger partial charge in [0.2, 0.25) is 0 Å². The summed E-state index contributed by atoms with van der Waals surface area (Å²) in [5.41, 5.74) is 1.31. The van der Waals surface area contributed by atoms with Gasteiger partial charge in [-0.1, -0.05) is 0 Å². The monoisotopic (exact) mass is 129 g/mol. The summed E-state index contributed by atoms with van der Waals surface area (Å²) < 4.78 is 4.20. The molecule has 1 heterocycles. The Hall–Kier alpha value is -1.43. The van der Waals surface area contributed by atoms with Crippen molar-refractivity contribution < 1.29 is 14.5 Å². The van der Waals surface area contributed by atoms with Crippen molar-refractivity contribution in [2.45, 2.75) is 0 Å². The second-order valence-corrected chi connectivity index (χ2v) is 1.23. The van der Waals surface area contributed by atoms with E-state index in [1.807, 2.05) is 0 Å². The van der Waals surface area contributed by atoms with Gasteiger partial charge < -0.3 is 4.52 Å². The molecular formula is C3H3N3O3. The molecule has 0 aliphatic heterocycles. The van der Waals surface area contributed by atoms with E-state index in [0.29, 0.717) is 0 Å². The van der Waals surface area contributed by atoms with Crippen molar-refractivity contribution in [3.05, 3.63) is 12.0 Å². The number of carbonyl (C=O) groups is 1. The standard InChI is InChI=1S/C3H3N3O3/c7-3(5-8)2-1-9-6-4-2/h1,8H,(H,5,7). The topological polar surface area (TPSA) is 88.2 Å². The molecule has 1 amide bonds. The molecule has 48 valence electrons. The third-order valence-corrected chi connectivity index (χ3v) is 0.694. The highest BCUT2D eigenvalue weighted by atomic mass is 16.5. The minimum Gasteiger partial charge on any atom is -0.345 e. The van der Waals surface area contributed by atoms with Crippen molar-refractivity contribution in [1.29, 1.82) is 0 Å². The maximum absolute atomic E-state index is 10.4. The number of rotatable bonds is 1. The lowest BCUT2D eigenvalue weighted by molar-refractivity contribution is 0.0700. The molecule has 0 spiro atoms. The van der Waals surface area contributed by atoms with Crippen LogP contribution in [-0.2, 0) is 0 Å². The number of nitrogens with zero attached hydrogens (tertiary/aromatic N) is 2. The summed E-state index contributed by atoms with van der Waals surface area (Å²) in [5, 5.41) is 14.2. The third-order valence-electron chi connectivity index (χ3n) is 0.694. The van der Waals surface area contributed by atoms with Crippen LogP contribution in [0.3, 0.4) is 0 Å². The normalized spacial score (nSPS) is 9.00. The lowest BCUT2D eigenvalue weighted by Crippen LogP contribution is -2.18. The fourth-order valence-corrected chi connectivity index (χ4v) is 0.321. The molecule has 0 aliphatic rings. The first kappa shape index (κ1) is 5.70. The number of carbonyl (C=O) groups excluding carboxylic acids is 1. The SMILES string of the molecule is O=C(NO)c1conn1. The van der Waals surface area contributed by atoms with Crippen LogP contribution in [0.2, 0.25) is 0 Å².